The summed E-state index contributed by atoms with van der Waals surface area (Å²) in [7, 11) is -1.75. The number of halogens is 20. The average molecular weight is 998 g/mol. The lowest BCUT2D eigenvalue weighted by Crippen LogP contribution is -2.81. The van der Waals surface area contributed by atoms with Crippen molar-refractivity contribution in [3.05, 3.63) is 213 Å². The maximum Gasteiger partial charge on any atom is 0.200 e. The smallest absolute Gasteiger partial charge is 0.200 e. The van der Waals surface area contributed by atoms with E-state index in [1.165, 1.54) is 10.6 Å². The van der Waals surface area contributed by atoms with Gasteiger partial charge in [0.2, 0.25) is 5.78 Å². The second-order valence-corrected chi connectivity index (χ2v) is 18.3. The molecule has 0 amide bonds. The summed E-state index contributed by atoms with van der Waals surface area (Å²) in [6.45, 7) is 2.26. The Hall–Kier alpha value is -6.70. The van der Waals surface area contributed by atoms with Gasteiger partial charge < -0.3 is 0 Å². The predicted octanol–water partition coefficient (Wildman–Crippen LogP) is 10.0. The summed E-state index contributed by atoms with van der Waals surface area (Å²) in [5.41, 5.74) is -13.5. The fourth-order valence-electron chi connectivity index (χ4n) is 7.72. The normalized spacial score (nSPS) is 11.7. The highest BCUT2D eigenvalue weighted by molar-refractivity contribution is 7.89. The first-order valence-corrected chi connectivity index (χ1v) is 21.1. The second-order valence-electron chi connectivity index (χ2n) is 14.6. The highest BCUT2D eigenvalue weighted by Crippen LogP contribution is 2.52. The summed E-state index contributed by atoms with van der Waals surface area (Å²) in [4.78, 5) is 12.8. The molecule has 0 aliphatic carbocycles. The number of hydrogen-bond donors (Lipinski definition) is 0. The molecule has 0 N–H and O–H groups in total. The molecule has 7 aromatic rings. The molecule has 0 aromatic heterocycles. The van der Waals surface area contributed by atoms with Gasteiger partial charge in [0.1, 0.15) is 58.8 Å². The van der Waals surface area contributed by atoms with Gasteiger partial charge in [0, 0.05) is 5.56 Å². The van der Waals surface area contributed by atoms with E-state index in [-0.39, 0.29) is 5.78 Å². The van der Waals surface area contributed by atoms with Crippen LogP contribution in [0.15, 0.2) is 91.0 Å². The van der Waals surface area contributed by atoms with Gasteiger partial charge in [0.25, 0.3) is 0 Å². The van der Waals surface area contributed by atoms with Crippen molar-refractivity contribution in [3.63, 3.8) is 0 Å². The first kappa shape index (κ1) is 50.7. The minimum atomic E-state index is -7.22. The van der Waals surface area contributed by atoms with Crippen molar-refractivity contribution in [3.8, 4) is 0 Å². The standard InChI is InChI=1S/C24BF20.C21H20OP/c26-5-1(6(27)14(35)21(42)13(5)34)25(2-7(28)15(36)22(43)16(37)8(2)29,3-9(30)17(38)23(44)18(39)10(3)31)4-11(32)19(40)24(45)20(41)12(4)33;1-23(19-13-7-3-8-14-19,20-15-9-4-10-16-20)17-21(22)18-11-5-2-6-12-18/h;2-16H,17H2,1H3/q-1;+1. The summed E-state index contributed by atoms with van der Waals surface area (Å²) in [5, 5.41) is 2.55. The largest absolute Gasteiger partial charge is 0.290 e. The Balaban J connectivity index is 0.000000276. The summed E-state index contributed by atoms with van der Waals surface area (Å²) < 4.78 is 294. The van der Waals surface area contributed by atoms with E-state index in [1.54, 1.807) is 0 Å². The molecule has 0 fully saturated rings. The average Bonchev–Trinajstić information content (AvgIpc) is 3.34. The van der Waals surface area contributed by atoms with Crippen molar-refractivity contribution >= 4 is 51.7 Å². The highest BCUT2D eigenvalue weighted by Gasteiger charge is 2.52. The van der Waals surface area contributed by atoms with Gasteiger partial charge in [-0.05, 0) is 24.3 Å². The van der Waals surface area contributed by atoms with Crippen LogP contribution in [0.3, 0.4) is 0 Å². The zero-order chi connectivity index (χ0) is 50.5. The van der Waals surface area contributed by atoms with Crippen molar-refractivity contribution in [2.45, 2.75) is 0 Å². The van der Waals surface area contributed by atoms with Crippen LogP contribution in [0.25, 0.3) is 0 Å². The predicted molar refractivity (Wildman–Crippen MR) is 210 cm³/mol. The van der Waals surface area contributed by atoms with E-state index in [2.05, 4.69) is 55.2 Å². The van der Waals surface area contributed by atoms with Crippen LogP contribution in [0.1, 0.15) is 10.4 Å². The van der Waals surface area contributed by atoms with Crippen LogP contribution in [-0.4, -0.2) is 24.8 Å². The Kier molecular flexibility index (Phi) is 14.3. The molecule has 1 nitrogen and oxygen atoms in total. The Morgan fingerprint density at radius 1 is 0.324 bits per heavy atom. The quantitative estimate of drug-likeness (QED) is 0.0352. The number of carbonyl (C=O) groups excluding carboxylic acids is 1. The number of ketones is 1. The van der Waals surface area contributed by atoms with Crippen molar-refractivity contribution in [1.82, 2.24) is 0 Å². The van der Waals surface area contributed by atoms with Crippen molar-refractivity contribution < 1.29 is 92.6 Å². The Bertz CT molecular complexity index is 2700. The van der Waals surface area contributed by atoms with Gasteiger partial charge in [-0.2, -0.15) is 0 Å². The van der Waals surface area contributed by atoms with Crippen molar-refractivity contribution in [2.24, 2.45) is 0 Å². The molecule has 0 radical (unpaired) electrons. The van der Waals surface area contributed by atoms with Gasteiger partial charge in [-0.1, -0.05) is 66.7 Å². The Labute approximate surface area is 369 Å². The fourth-order valence-corrected chi connectivity index (χ4v) is 10.8. The molecule has 0 atom stereocenters. The lowest BCUT2D eigenvalue weighted by atomic mass is 9.12. The molecule has 354 valence electrons. The molecular formula is C45H20BF20OP. The monoisotopic (exact) mass is 998 g/mol. The van der Waals surface area contributed by atoms with Gasteiger partial charge in [-0.25, -0.2) is 87.8 Å². The number of Topliss-reactive ketones (excluding diaryl/α,β-unsaturated/α-hetero) is 1. The lowest BCUT2D eigenvalue weighted by molar-refractivity contribution is 0.102. The van der Waals surface area contributed by atoms with Gasteiger partial charge in [0.05, 0.1) is 24.5 Å². The van der Waals surface area contributed by atoms with E-state index < -0.39 is 152 Å². The number of carbonyl (C=O) groups is 1. The van der Waals surface area contributed by atoms with Crippen LogP contribution >= 0.6 is 7.26 Å². The van der Waals surface area contributed by atoms with Crippen molar-refractivity contribution in [2.75, 3.05) is 12.8 Å². The minimum Gasteiger partial charge on any atom is -0.290 e. The number of hydrogen-bond acceptors (Lipinski definition) is 1. The van der Waals surface area contributed by atoms with Crippen LogP contribution in [0.2, 0.25) is 0 Å². The molecule has 0 aliphatic heterocycles. The molecule has 23 heteroatoms. The number of rotatable bonds is 9. The van der Waals surface area contributed by atoms with Gasteiger partial charge in [-0.3, -0.25) is 4.79 Å². The molecule has 0 saturated carbocycles. The SMILES string of the molecule is C[P+](CC(=O)c1ccccc1)(c1ccccc1)c1ccccc1.Fc1c(F)c(F)c([B-](c2c(F)c(F)c(F)c(F)c2F)(c2c(F)c(F)c(F)c(F)c2F)c2c(F)c(F)c(F)c(F)c2F)c(F)c1F. The van der Waals surface area contributed by atoms with Crippen LogP contribution in [0, 0.1) is 116 Å². The molecule has 68 heavy (non-hydrogen) atoms. The molecule has 0 saturated heterocycles. The third-order valence-electron chi connectivity index (χ3n) is 10.9. The molecule has 0 aliphatic rings. The summed E-state index contributed by atoms with van der Waals surface area (Å²) >= 11 is 0. The maximum absolute atomic E-state index is 15.4. The summed E-state index contributed by atoms with van der Waals surface area (Å²) in [6.07, 6.45) is -6.66. The van der Waals surface area contributed by atoms with E-state index in [0.29, 0.717) is 6.16 Å². The van der Waals surface area contributed by atoms with Crippen LogP contribution < -0.4 is 32.5 Å². The summed E-state index contributed by atoms with van der Waals surface area (Å²) in [6, 6.07) is 30.5. The van der Waals surface area contributed by atoms with Gasteiger partial charge >= 0.3 is 0 Å². The van der Waals surface area contributed by atoms with E-state index in [4.69, 9.17) is 0 Å². The molecular weight excluding hydrogens is 978 g/mol. The molecule has 0 unspecified atom stereocenters. The lowest BCUT2D eigenvalue weighted by Gasteiger charge is -2.44. The maximum atomic E-state index is 15.4. The summed E-state index contributed by atoms with van der Waals surface area (Å²) in [5.74, 6) is -71.2. The topological polar surface area (TPSA) is 17.1 Å². The van der Waals surface area contributed by atoms with Gasteiger partial charge in [0.15, 0.2) is 69.8 Å². The number of benzene rings is 7. The molecule has 7 aromatic carbocycles. The second kappa shape index (κ2) is 19.1. The minimum absolute atomic E-state index is 0.217. The highest BCUT2D eigenvalue weighted by atomic mass is 31.2. The van der Waals surface area contributed by atoms with Crippen molar-refractivity contribution in [1.29, 1.82) is 0 Å². The third kappa shape index (κ3) is 8.04. The zero-order valence-electron chi connectivity index (χ0n) is 33.4. The van der Waals surface area contributed by atoms with Crippen LogP contribution in [0.4, 0.5) is 87.8 Å². The van der Waals surface area contributed by atoms with E-state index >= 15 is 35.1 Å². The first-order chi connectivity index (χ1) is 31.9. The van der Waals surface area contributed by atoms with Crippen LogP contribution in [0.5, 0.6) is 0 Å². The molecule has 0 spiro atoms. The Morgan fingerprint density at radius 3 is 0.735 bits per heavy atom. The first-order valence-electron chi connectivity index (χ1n) is 18.7. The molecule has 0 heterocycles. The molecule has 0 bridgehead atoms. The van der Waals surface area contributed by atoms with Crippen LogP contribution in [-0.2, 0) is 0 Å². The van der Waals surface area contributed by atoms with E-state index in [0.717, 1.165) is 5.56 Å². The van der Waals surface area contributed by atoms with E-state index in [1.807, 2.05) is 42.5 Å². The fraction of sp³-hybridized carbons (Fsp3) is 0.0444. The van der Waals surface area contributed by atoms with E-state index in [9.17, 15) is 57.5 Å². The zero-order valence-corrected chi connectivity index (χ0v) is 34.3. The Morgan fingerprint density at radius 2 is 0.515 bits per heavy atom. The molecule has 7 rings (SSSR count). The van der Waals surface area contributed by atoms with Gasteiger partial charge in [-0.15, -0.1) is 21.9 Å². The third-order valence-corrected chi connectivity index (χ3v) is 14.7.